The van der Waals surface area contributed by atoms with Gasteiger partial charge in [-0.05, 0) is 41.6 Å². The number of imide groups is 1. The Hall–Kier alpha value is -3.30. The van der Waals surface area contributed by atoms with Crippen LogP contribution in [0.15, 0.2) is 59.6 Å². The molecule has 0 spiro atoms. The minimum absolute atomic E-state index is 0.349. The van der Waals surface area contributed by atoms with Crippen molar-refractivity contribution in [2.24, 2.45) is 0 Å². The van der Waals surface area contributed by atoms with Crippen LogP contribution in [0.1, 0.15) is 16.7 Å². The Labute approximate surface area is 153 Å². The van der Waals surface area contributed by atoms with E-state index in [4.69, 9.17) is 5.26 Å². The Kier molecular flexibility index (Phi) is 4.07. The lowest BCUT2D eigenvalue weighted by Gasteiger charge is -2.05. The fraction of sp³-hybridized carbons (Fsp3) is 0.0500. The summed E-state index contributed by atoms with van der Waals surface area (Å²) >= 11 is 0.911. The van der Waals surface area contributed by atoms with E-state index in [1.165, 1.54) is 0 Å². The number of nitriles is 1. The fourth-order valence-corrected chi connectivity index (χ4v) is 3.69. The first-order valence-corrected chi connectivity index (χ1v) is 8.77. The lowest BCUT2D eigenvalue weighted by Crippen LogP contribution is -2.17. The number of hydrogen-bond donors (Lipinski definition) is 1. The van der Waals surface area contributed by atoms with Crippen molar-refractivity contribution in [3.05, 3.63) is 76.3 Å². The lowest BCUT2D eigenvalue weighted by atomic mass is 10.1. The number of benzene rings is 2. The van der Waals surface area contributed by atoms with Crippen LogP contribution in [0.25, 0.3) is 17.0 Å². The highest BCUT2D eigenvalue weighted by atomic mass is 32.2. The van der Waals surface area contributed by atoms with Crippen molar-refractivity contribution in [2.75, 3.05) is 0 Å². The van der Waals surface area contributed by atoms with Crippen LogP contribution in [0.3, 0.4) is 0 Å². The molecule has 0 radical (unpaired) electrons. The summed E-state index contributed by atoms with van der Waals surface area (Å²) in [5.41, 5.74) is 3.55. The molecule has 0 aliphatic carbocycles. The smallest absolute Gasteiger partial charge is 0.290 e. The van der Waals surface area contributed by atoms with Gasteiger partial charge in [0, 0.05) is 29.2 Å². The van der Waals surface area contributed by atoms with Crippen molar-refractivity contribution in [3.8, 4) is 6.07 Å². The van der Waals surface area contributed by atoms with Gasteiger partial charge in [-0.3, -0.25) is 14.9 Å². The number of nitrogens with zero attached hydrogens (tertiary/aromatic N) is 2. The normalized spacial score (nSPS) is 15.4. The van der Waals surface area contributed by atoms with Gasteiger partial charge in [0.15, 0.2) is 0 Å². The highest BCUT2D eigenvalue weighted by molar-refractivity contribution is 8.18. The predicted octanol–water partition coefficient (Wildman–Crippen LogP) is 3.89. The molecular formula is C20H13N3O2S. The molecule has 1 fully saturated rings. The summed E-state index contributed by atoms with van der Waals surface area (Å²) in [6, 6.07) is 17.6. The Balaban J connectivity index is 1.77. The minimum atomic E-state index is -0.362. The molecule has 5 nitrogen and oxygen atoms in total. The molecule has 1 aliphatic rings. The second kappa shape index (κ2) is 6.54. The first-order chi connectivity index (χ1) is 12.6. The zero-order valence-corrected chi connectivity index (χ0v) is 14.4. The quantitative estimate of drug-likeness (QED) is 0.720. The van der Waals surface area contributed by atoms with Gasteiger partial charge in [-0.25, -0.2) is 0 Å². The number of fused-ring (bicyclic) bond motifs is 1. The standard InChI is InChI=1S/C20H13N3O2S/c21-10-13-4-3-5-14(8-13)11-23-12-15(16-6-1-2-7-17(16)23)9-18-19(24)22-20(25)26-18/h1-9,12H,11H2,(H,22,24,25). The van der Waals surface area contributed by atoms with E-state index in [9.17, 15) is 9.59 Å². The second-order valence-electron chi connectivity index (χ2n) is 5.89. The van der Waals surface area contributed by atoms with E-state index in [1.807, 2.05) is 48.7 Å². The molecule has 1 N–H and O–H groups in total. The second-order valence-corrected chi connectivity index (χ2v) is 6.91. The van der Waals surface area contributed by atoms with Crippen molar-refractivity contribution in [1.29, 1.82) is 5.26 Å². The Morgan fingerprint density at radius 3 is 2.77 bits per heavy atom. The van der Waals surface area contributed by atoms with E-state index >= 15 is 0 Å². The largest absolute Gasteiger partial charge is 0.342 e. The van der Waals surface area contributed by atoms with Crippen molar-refractivity contribution >= 4 is 39.9 Å². The molecule has 2 heterocycles. The van der Waals surface area contributed by atoms with Crippen LogP contribution >= 0.6 is 11.8 Å². The SMILES string of the molecule is N#Cc1cccc(Cn2cc(C=C3SC(=O)NC3=O)c3ccccc32)c1. The molecule has 2 amide bonds. The van der Waals surface area contributed by atoms with E-state index in [2.05, 4.69) is 16.0 Å². The number of thioether (sulfide) groups is 1. The summed E-state index contributed by atoms with van der Waals surface area (Å²) in [6.07, 6.45) is 3.71. The summed E-state index contributed by atoms with van der Waals surface area (Å²) in [5.74, 6) is -0.362. The molecule has 1 aromatic heterocycles. The Morgan fingerprint density at radius 2 is 2.00 bits per heavy atom. The molecule has 1 saturated heterocycles. The number of aromatic nitrogens is 1. The van der Waals surface area contributed by atoms with Crippen LogP contribution in [0, 0.1) is 11.3 Å². The molecule has 1 aliphatic heterocycles. The molecule has 0 unspecified atom stereocenters. The molecule has 6 heteroatoms. The van der Waals surface area contributed by atoms with Gasteiger partial charge in [0.25, 0.3) is 11.1 Å². The topological polar surface area (TPSA) is 74.9 Å². The van der Waals surface area contributed by atoms with Crippen LogP contribution in [-0.4, -0.2) is 15.7 Å². The van der Waals surface area contributed by atoms with E-state index in [0.29, 0.717) is 17.0 Å². The van der Waals surface area contributed by atoms with Crippen LogP contribution in [0.2, 0.25) is 0 Å². The Morgan fingerprint density at radius 1 is 1.15 bits per heavy atom. The fourth-order valence-electron chi connectivity index (χ4n) is 3.02. The number of hydrogen-bond acceptors (Lipinski definition) is 4. The minimum Gasteiger partial charge on any atom is -0.342 e. The maximum atomic E-state index is 11.8. The van der Waals surface area contributed by atoms with E-state index in [1.54, 1.807) is 12.1 Å². The highest BCUT2D eigenvalue weighted by Crippen LogP contribution is 2.30. The number of nitrogens with one attached hydrogen (secondary N) is 1. The van der Waals surface area contributed by atoms with Crippen LogP contribution < -0.4 is 5.32 Å². The first kappa shape index (κ1) is 16.2. The number of rotatable bonds is 3. The summed E-state index contributed by atoms with van der Waals surface area (Å²) < 4.78 is 2.08. The monoisotopic (exact) mass is 359 g/mol. The molecule has 26 heavy (non-hydrogen) atoms. The lowest BCUT2D eigenvalue weighted by molar-refractivity contribution is -0.115. The molecule has 4 rings (SSSR count). The summed E-state index contributed by atoms with van der Waals surface area (Å²) in [4.78, 5) is 23.6. The Bertz CT molecular complexity index is 1120. The number of carbonyl (C=O) groups is 2. The summed E-state index contributed by atoms with van der Waals surface area (Å²) in [7, 11) is 0. The van der Waals surface area contributed by atoms with E-state index in [0.717, 1.165) is 33.8 Å². The molecule has 0 bridgehead atoms. The number of amides is 2. The van der Waals surface area contributed by atoms with E-state index in [-0.39, 0.29) is 11.1 Å². The van der Waals surface area contributed by atoms with Gasteiger partial charge < -0.3 is 4.57 Å². The average molecular weight is 359 g/mol. The van der Waals surface area contributed by atoms with Crippen LogP contribution in [0.4, 0.5) is 4.79 Å². The summed E-state index contributed by atoms with van der Waals surface area (Å²) in [6.45, 7) is 0.609. The number of carbonyl (C=O) groups excluding carboxylic acids is 2. The van der Waals surface area contributed by atoms with Crippen molar-refractivity contribution in [1.82, 2.24) is 9.88 Å². The van der Waals surface area contributed by atoms with Crippen LogP contribution in [0.5, 0.6) is 0 Å². The maximum absolute atomic E-state index is 11.8. The van der Waals surface area contributed by atoms with E-state index < -0.39 is 0 Å². The van der Waals surface area contributed by atoms with Gasteiger partial charge in [0.1, 0.15) is 0 Å². The molecule has 0 atom stereocenters. The molecule has 3 aromatic rings. The van der Waals surface area contributed by atoms with Gasteiger partial charge in [-0.15, -0.1) is 0 Å². The molecule has 126 valence electrons. The zero-order chi connectivity index (χ0) is 18.1. The third kappa shape index (κ3) is 3.01. The molecular weight excluding hydrogens is 346 g/mol. The predicted molar refractivity (Wildman–Crippen MR) is 101 cm³/mol. The summed E-state index contributed by atoms with van der Waals surface area (Å²) in [5, 5.41) is 12.0. The van der Waals surface area contributed by atoms with Gasteiger partial charge in [-0.1, -0.05) is 30.3 Å². The van der Waals surface area contributed by atoms with Crippen molar-refractivity contribution < 1.29 is 9.59 Å². The average Bonchev–Trinajstić information content (AvgIpc) is 3.15. The van der Waals surface area contributed by atoms with Gasteiger partial charge in [0.05, 0.1) is 16.5 Å². The third-order valence-corrected chi connectivity index (χ3v) is 4.97. The number of para-hydroxylation sites is 1. The molecule has 0 saturated carbocycles. The third-order valence-electron chi connectivity index (χ3n) is 4.16. The van der Waals surface area contributed by atoms with Gasteiger partial charge >= 0.3 is 0 Å². The van der Waals surface area contributed by atoms with Gasteiger partial charge in [0.2, 0.25) is 0 Å². The first-order valence-electron chi connectivity index (χ1n) is 7.96. The zero-order valence-electron chi connectivity index (χ0n) is 13.6. The van der Waals surface area contributed by atoms with Crippen LogP contribution in [-0.2, 0) is 11.3 Å². The van der Waals surface area contributed by atoms with Gasteiger partial charge in [-0.2, -0.15) is 5.26 Å². The van der Waals surface area contributed by atoms with Crippen molar-refractivity contribution in [3.63, 3.8) is 0 Å². The molecule has 2 aromatic carbocycles. The highest BCUT2D eigenvalue weighted by Gasteiger charge is 2.25. The van der Waals surface area contributed by atoms with Crippen molar-refractivity contribution in [2.45, 2.75) is 6.54 Å². The maximum Gasteiger partial charge on any atom is 0.290 e.